The second-order valence-corrected chi connectivity index (χ2v) is 16.3. The number of rotatable bonds is 9. The van der Waals surface area contributed by atoms with E-state index in [1.165, 1.54) is 86.1 Å². The van der Waals surface area contributed by atoms with E-state index in [0.29, 0.717) is 48.1 Å². The van der Waals surface area contributed by atoms with Crippen molar-refractivity contribution in [2.24, 2.45) is 28.5 Å². The summed E-state index contributed by atoms with van der Waals surface area (Å²) < 4.78 is 8.84. The van der Waals surface area contributed by atoms with Crippen molar-refractivity contribution in [2.75, 3.05) is 69.7 Å². The molecule has 54 heavy (non-hydrogen) atoms. The minimum absolute atomic E-state index is 0.115. The van der Waals surface area contributed by atoms with E-state index in [0.717, 1.165) is 24.6 Å². The van der Waals surface area contributed by atoms with Gasteiger partial charge in [0.25, 0.3) is 0 Å². The molecule has 1 atom stereocenters. The molecule has 286 valence electrons. The number of morpholine rings is 1. The Morgan fingerprint density at radius 2 is 1.67 bits per heavy atom. The topological polar surface area (TPSA) is 134 Å². The van der Waals surface area contributed by atoms with Crippen LogP contribution in [0.25, 0.3) is 16.6 Å². The van der Waals surface area contributed by atoms with Crippen molar-refractivity contribution in [3.05, 3.63) is 107 Å². The molecular weight excluding hydrogens is 673 g/mol. The maximum Gasteiger partial charge on any atom is 0.124 e. The van der Waals surface area contributed by atoms with Gasteiger partial charge < -0.3 is 51.6 Å². The summed E-state index contributed by atoms with van der Waals surface area (Å²) in [5, 5.41) is 15.0. The summed E-state index contributed by atoms with van der Waals surface area (Å²) in [6.07, 6.45) is 9.46. The van der Waals surface area contributed by atoms with E-state index in [2.05, 4.69) is 80.0 Å². The number of likely N-dealkylation sites (tertiary alicyclic amines) is 1. The summed E-state index contributed by atoms with van der Waals surface area (Å²) in [6, 6.07) is 25.5. The summed E-state index contributed by atoms with van der Waals surface area (Å²) in [7, 11) is 2.02. The smallest absolute Gasteiger partial charge is 0.124 e. The van der Waals surface area contributed by atoms with Gasteiger partial charge in [-0.1, -0.05) is 30.3 Å². The average molecular weight is 731 g/mol. The summed E-state index contributed by atoms with van der Waals surface area (Å²) in [5.74, 6) is 1.07. The Bertz CT molecular complexity index is 1990. The summed E-state index contributed by atoms with van der Waals surface area (Å²) >= 11 is 0. The number of para-hydroxylation sites is 1. The number of fused-ring (bicyclic) bond motifs is 1. The molecule has 4 aliphatic rings. The quantitative estimate of drug-likeness (QED) is 0.123. The third-order valence-electron chi connectivity index (χ3n) is 12.9. The Kier molecular flexibility index (Phi) is 10.2. The maximum atomic E-state index is 10.3. The molecule has 3 aliphatic heterocycles. The van der Waals surface area contributed by atoms with Crippen molar-refractivity contribution in [1.82, 2.24) is 14.4 Å². The van der Waals surface area contributed by atoms with Crippen LogP contribution in [-0.2, 0) is 4.74 Å². The highest BCUT2D eigenvalue weighted by atomic mass is 16.5. The zero-order valence-electron chi connectivity index (χ0n) is 32.0. The molecule has 4 fully saturated rings. The molecule has 8 N–H and O–H groups in total. The number of anilines is 2. The van der Waals surface area contributed by atoms with Crippen LogP contribution in [0.1, 0.15) is 67.5 Å². The molecule has 10 heteroatoms. The van der Waals surface area contributed by atoms with Crippen LogP contribution in [0.4, 0.5) is 11.4 Å². The number of aromatic nitrogens is 1. The van der Waals surface area contributed by atoms with Gasteiger partial charge in [-0.25, -0.2) is 0 Å². The van der Waals surface area contributed by atoms with Gasteiger partial charge in [0, 0.05) is 79.5 Å². The minimum Gasteiger partial charge on any atom is -0.507 e. The summed E-state index contributed by atoms with van der Waals surface area (Å²) in [6.45, 7) is 10.0. The number of aryl methyl sites for hydroxylation is 1. The molecule has 3 aromatic carbocycles. The number of ether oxygens (including phenoxy) is 1. The third kappa shape index (κ3) is 7.21. The van der Waals surface area contributed by atoms with E-state index in [1.807, 2.05) is 13.1 Å². The molecule has 0 bridgehead atoms. The van der Waals surface area contributed by atoms with Gasteiger partial charge in [-0.05, 0) is 124 Å². The maximum absolute atomic E-state index is 10.3. The fourth-order valence-corrected chi connectivity index (χ4v) is 9.83. The number of nitrogens with zero attached hydrogens (tertiary/aromatic N) is 4. The lowest BCUT2D eigenvalue weighted by molar-refractivity contribution is -0.0172. The highest BCUT2D eigenvalue weighted by Crippen LogP contribution is 2.56. The van der Waals surface area contributed by atoms with Crippen molar-refractivity contribution >= 4 is 28.0 Å². The van der Waals surface area contributed by atoms with Gasteiger partial charge in [0.15, 0.2) is 0 Å². The Morgan fingerprint density at radius 1 is 0.926 bits per heavy atom. The van der Waals surface area contributed by atoms with Crippen LogP contribution in [0.2, 0.25) is 0 Å². The number of benzene rings is 3. The first-order valence-corrected chi connectivity index (χ1v) is 19.9. The molecule has 1 unspecified atom stereocenters. The van der Waals surface area contributed by atoms with Gasteiger partial charge >= 0.3 is 0 Å². The third-order valence-corrected chi connectivity index (χ3v) is 12.9. The van der Waals surface area contributed by atoms with Crippen LogP contribution in [0.5, 0.6) is 5.75 Å². The van der Waals surface area contributed by atoms with E-state index in [-0.39, 0.29) is 17.7 Å². The Balaban J connectivity index is 0.803. The number of phenols is 1. The number of phenolic OH excluding ortho intramolecular Hbond substituents is 1. The molecule has 8 rings (SSSR count). The van der Waals surface area contributed by atoms with E-state index in [4.69, 9.17) is 21.9 Å². The number of nitrogens with one attached hydrogen (secondary N) is 1. The number of hydrogen-bond acceptors (Lipinski definition) is 9. The highest BCUT2D eigenvalue weighted by Gasteiger charge is 2.47. The highest BCUT2D eigenvalue weighted by molar-refractivity contribution is 5.93. The zero-order chi connectivity index (χ0) is 37.4. The van der Waals surface area contributed by atoms with Gasteiger partial charge in [0.05, 0.1) is 17.8 Å². The van der Waals surface area contributed by atoms with E-state index >= 15 is 0 Å². The van der Waals surface area contributed by atoms with Gasteiger partial charge in [0.1, 0.15) is 17.7 Å². The predicted octanol–water partition coefficient (Wildman–Crippen LogP) is 6.49. The second kappa shape index (κ2) is 15.1. The van der Waals surface area contributed by atoms with Gasteiger partial charge in [-0.2, -0.15) is 0 Å². The minimum atomic E-state index is -0.119. The molecule has 10 nitrogen and oxygen atoms in total. The number of aromatic hydroxyl groups is 1. The van der Waals surface area contributed by atoms with Gasteiger partial charge in [-0.3, -0.25) is 0 Å². The monoisotopic (exact) mass is 730 g/mol. The first-order valence-electron chi connectivity index (χ1n) is 19.9. The van der Waals surface area contributed by atoms with Crippen LogP contribution in [-0.4, -0.2) is 78.9 Å². The van der Waals surface area contributed by atoms with E-state index in [1.54, 1.807) is 24.3 Å². The predicted molar refractivity (Wildman–Crippen MR) is 220 cm³/mol. The van der Waals surface area contributed by atoms with Crippen LogP contribution >= 0.6 is 0 Å². The molecular formula is C44H58N8O2. The number of hydrogen-bond donors (Lipinski definition) is 5. The molecule has 1 spiro atoms. The molecule has 4 heterocycles. The normalized spacial score (nSPS) is 21.4. The summed E-state index contributed by atoms with van der Waals surface area (Å²) in [5.41, 5.74) is 27.2. The van der Waals surface area contributed by atoms with Crippen molar-refractivity contribution in [3.8, 4) is 5.75 Å². The van der Waals surface area contributed by atoms with Crippen molar-refractivity contribution in [2.45, 2.75) is 57.6 Å². The molecule has 0 radical (unpaired) electrons. The van der Waals surface area contributed by atoms with Crippen molar-refractivity contribution in [1.29, 1.82) is 0 Å². The number of allylic oxidation sites excluding steroid dienone is 1. The van der Waals surface area contributed by atoms with Crippen molar-refractivity contribution in [3.63, 3.8) is 0 Å². The SMILES string of the molecule is CNc1cccc2c1cc(C)n2C1CC2(CCN(CC3CCN(c4ccc(C5CN(C(/C=C(\N)c6ccccc6O)=C(N)N)CCO5)cc4)CC3)CC2)C1. The summed E-state index contributed by atoms with van der Waals surface area (Å²) in [4.78, 5) is 7.43. The Labute approximate surface area is 320 Å². The lowest BCUT2D eigenvalue weighted by Crippen LogP contribution is -2.49. The fraction of sp³-hybridized carbons (Fsp3) is 0.455. The molecule has 4 aromatic rings. The van der Waals surface area contributed by atoms with Crippen LogP contribution < -0.4 is 27.4 Å². The van der Waals surface area contributed by atoms with E-state index in [9.17, 15) is 5.11 Å². The second-order valence-electron chi connectivity index (χ2n) is 16.3. The average Bonchev–Trinajstić information content (AvgIpc) is 3.52. The lowest BCUT2D eigenvalue weighted by atomic mass is 9.60. The molecule has 3 saturated heterocycles. The Hall–Kier alpha value is -4.80. The first-order chi connectivity index (χ1) is 26.2. The van der Waals surface area contributed by atoms with Gasteiger partial charge in [-0.15, -0.1) is 0 Å². The van der Waals surface area contributed by atoms with E-state index < -0.39 is 0 Å². The molecule has 0 amide bonds. The van der Waals surface area contributed by atoms with Crippen LogP contribution in [0.15, 0.2) is 90.4 Å². The first kappa shape index (κ1) is 36.2. The Morgan fingerprint density at radius 3 is 2.37 bits per heavy atom. The number of nitrogens with two attached hydrogens (primary N) is 3. The van der Waals surface area contributed by atoms with Gasteiger partial charge in [0.2, 0.25) is 0 Å². The fourth-order valence-electron chi connectivity index (χ4n) is 9.83. The van der Waals surface area contributed by atoms with Crippen molar-refractivity contribution < 1.29 is 9.84 Å². The number of piperidine rings is 2. The molecule has 1 aliphatic carbocycles. The van der Waals surface area contributed by atoms with Crippen LogP contribution in [0, 0.1) is 18.3 Å². The largest absolute Gasteiger partial charge is 0.507 e. The standard InChI is InChI=1S/C44H58N8O2/c1-30-24-36-38(48-2)7-5-8-39(36)52(30)34-26-44(27-34)16-20-49(21-17-44)28-31-14-18-50(19-15-31)33-12-10-32(11-13-33)42-29-51(22-23-54-42)40(43(46)47)25-37(45)35-6-3-4-9-41(35)53/h3-13,24-25,31,34,42,48,53H,14-23,26-29,45-47H2,1-2H3/b37-25-. The zero-order valence-corrected chi connectivity index (χ0v) is 32.0. The lowest BCUT2D eigenvalue weighted by Gasteiger charge is -2.53. The van der Waals surface area contributed by atoms with Crippen LogP contribution in [0.3, 0.4) is 0 Å². The molecule has 1 saturated carbocycles. The molecule has 1 aromatic heterocycles.